The van der Waals surface area contributed by atoms with E-state index in [1.807, 2.05) is 12.1 Å². The summed E-state index contributed by atoms with van der Waals surface area (Å²) in [4.78, 5) is 16.7. The van der Waals surface area contributed by atoms with Gasteiger partial charge in [-0.15, -0.1) is 0 Å². The fraction of sp³-hybridized carbons (Fsp3) is 0.381. The molecule has 0 aliphatic carbocycles. The third-order valence-corrected chi connectivity index (χ3v) is 6.58. The first-order chi connectivity index (χ1) is 13.3. The Morgan fingerprint density at radius 2 is 1.71 bits per heavy atom. The summed E-state index contributed by atoms with van der Waals surface area (Å²) in [5, 5.41) is 0.120. The third kappa shape index (κ3) is 4.86. The van der Waals surface area contributed by atoms with Crippen molar-refractivity contribution in [3.63, 3.8) is 0 Å². The Morgan fingerprint density at radius 3 is 2.32 bits per heavy atom. The van der Waals surface area contributed by atoms with Gasteiger partial charge in [0.25, 0.3) is 5.91 Å². The lowest BCUT2D eigenvalue weighted by molar-refractivity contribution is 0.0785. The Hall–Kier alpha value is -2.05. The van der Waals surface area contributed by atoms with E-state index in [1.165, 1.54) is 37.1 Å². The van der Waals surface area contributed by atoms with E-state index in [2.05, 4.69) is 17.0 Å². The van der Waals surface area contributed by atoms with Crippen LogP contribution in [0.2, 0.25) is 5.02 Å². The predicted octanol–water partition coefficient (Wildman–Crippen LogP) is 4.01. The van der Waals surface area contributed by atoms with Gasteiger partial charge in [-0.25, -0.2) is 8.42 Å². The zero-order valence-electron chi connectivity index (χ0n) is 16.2. The molecule has 28 heavy (non-hydrogen) atoms. The summed E-state index contributed by atoms with van der Waals surface area (Å²) >= 11 is 5.97. The van der Waals surface area contributed by atoms with Crippen molar-refractivity contribution in [1.29, 1.82) is 0 Å². The molecule has 3 rings (SSSR count). The number of anilines is 1. The highest BCUT2D eigenvalue weighted by molar-refractivity contribution is 7.90. The van der Waals surface area contributed by atoms with E-state index in [4.69, 9.17) is 11.6 Å². The van der Waals surface area contributed by atoms with Crippen LogP contribution in [0, 0.1) is 0 Å². The number of carbonyl (C=O) groups is 1. The van der Waals surface area contributed by atoms with Gasteiger partial charge >= 0.3 is 0 Å². The second-order valence-corrected chi connectivity index (χ2v) is 9.68. The number of hydrogen-bond acceptors (Lipinski definition) is 4. The van der Waals surface area contributed by atoms with E-state index >= 15 is 0 Å². The monoisotopic (exact) mass is 420 g/mol. The summed E-state index contributed by atoms with van der Waals surface area (Å²) in [6.45, 7) is 2.63. The first-order valence-corrected chi connectivity index (χ1v) is 11.6. The normalized spacial score (nSPS) is 14.8. The minimum absolute atomic E-state index is 0.0284. The van der Waals surface area contributed by atoms with Gasteiger partial charge in [0, 0.05) is 44.2 Å². The van der Waals surface area contributed by atoms with Crippen molar-refractivity contribution in [2.45, 2.75) is 30.7 Å². The Labute approximate surface area is 171 Å². The molecule has 150 valence electrons. The van der Waals surface area contributed by atoms with Crippen LogP contribution in [-0.4, -0.2) is 45.6 Å². The van der Waals surface area contributed by atoms with Gasteiger partial charge in [0.15, 0.2) is 9.84 Å². The average molecular weight is 421 g/mol. The number of hydrogen-bond donors (Lipinski definition) is 0. The molecule has 1 aliphatic heterocycles. The van der Waals surface area contributed by atoms with E-state index in [-0.39, 0.29) is 15.8 Å². The molecule has 0 spiro atoms. The summed E-state index contributed by atoms with van der Waals surface area (Å²) in [6, 6.07) is 12.6. The van der Waals surface area contributed by atoms with E-state index < -0.39 is 9.84 Å². The number of benzene rings is 2. The van der Waals surface area contributed by atoms with Crippen molar-refractivity contribution in [3.05, 3.63) is 58.6 Å². The molecule has 0 aromatic heterocycles. The Balaban J connectivity index is 1.70. The first-order valence-electron chi connectivity index (χ1n) is 9.34. The highest BCUT2D eigenvalue weighted by Gasteiger charge is 2.18. The number of rotatable bonds is 5. The standard InChI is InChI=1S/C21H25ClN2O3S/c1-23(21(25)17-8-11-19(22)20(14-17)28(2,26)27)15-16-6-9-18(10-7-16)24-12-4-3-5-13-24/h6-11,14H,3-5,12-13,15H2,1-2H3. The quantitative estimate of drug-likeness (QED) is 0.733. The molecule has 7 heteroatoms. The fourth-order valence-electron chi connectivity index (χ4n) is 3.45. The molecule has 0 atom stereocenters. The molecule has 1 fully saturated rings. The van der Waals surface area contributed by atoms with Crippen LogP contribution < -0.4 is 4.90 Å². The van der Waals surface area contributed by atoms with Crippen LogP contribution in [0.1, 0.15) is 35.2 Å². The van der Waals surface area contributed by atoms with Crippen molar-refractivity contribution in [2.24, 2.45) is 0 Å². The molecular weight excluding hydrogens is 396 g/mol. The van der Waals surface area contributed by atoms with E-state index in [0.717, 1.165) is 24.9 Å². The fourth-order valence-corrected chi connectivity index (χ4v) is 4.75. The molecule has 2 aromatic carbocycles. The summed E-state index contributed by atoms with van der Waals surface area (Å²) in [5.74, 6) is -0.248. The lowest BCUT2D eigenvalue weighted by atomic mass is 10.1. The highest BCUT2D eigenvalue weighted by Crippen LogP contribution is 2.24. The van der Waals surface area contributed by atoms with Crippen molar-refractivity contribution < 1.29 is 13.2 Å². The largest absolute Gasteiger partial charge is 0.372 e. The van der Waals surface area contributed by atoms with Crippen LogP contribution in [0.25, 0.3) is 0 Å². The van der Waals surface area contributed by atoms with E-state index in [0.29, 0.717) is 12.1 Å². The first kappa shape index (κ1) is 20.7. The van der Waals surface area contributed by atoms with Gasteiger partial charge in [-0.2, -0.15) is 0 Å². The molecule has 0 saturated carbocycles. The van der Waals surface area contributed by atoms with E-state index in [1.54, 1.807) is 18.0 Å². The minimum atomic E-state index is -3.50. The molecule has 0 bridgehead atoms. The number of piperidine rings is 1. The smallest absolute Gasteiger partial charge is 0.253 e. The maximum Gasteiger partial charge on any atom is 0.253 e. The van der Waals surface area contributed by atoms with Crippen molar-refractivity contribution in [3.8, 4) is 0 Å². The maximum atomic E-state index is 12.7. The lowest BCUT2D eigenvalue weighted by Crippen LogP contribution is -2.29. The van der Waals surface area contributed by atoms with Gasteiger partial charge in [0.2, 0.25) is 0 Å². The van der Waals surface area contributed by atoms with Gasteiger partial charge in [0.05, 0.1) is 9.92 Å². The number of sulfone groups is 1. The van der Waals surface area contributed by atoms with Crippen LogP contribution in [-0.2, 0) is 16.4 Å². The summed E-state index contributed by atoms with van der Waals surface area (Å²) in [5.41, 5.74) is 2.54. The van der Waals surface area contributed by atoms with Crippen LogP contribution in [0.15, 0.2) is 47.4 Å². The van der Waals surface area contributed by atoms with Gasteiger partial charge in [-0.05, 0) is 55.2 Å². The van der Waals surface area contributed by atoms with Gasteiger partial charge in [0.1, 0.15) is 0 Å². The topological polar surface area (TPSA) is 57.7 Å². The molecule has 0 unspecified atom stereocenters. The maximum absolute atomic E-state index is 12.7. The van der Waals surface area contributed by atoms with E-state index in [9.17, 15) is 13.2 Å². The molecule has 1 saturated heterocycles. The molecule has 1 aliphatic rings. The molecule has 1 heterocycles. The minimum Gasteiger partial charge on any atom is -0.372 e. The molecule has 0 radical (unpaired) electrons. The third-order valence-electron chi connectivity index (χ3n) is 5.00. The average Bonchev–Trinajstić information content (AvgIpc) is 2.68. The highest BCUT2D eigenvalue weighted by atomic mass is 35.5. The number of amides is 1. The zero-order valence-corrected chi connectivity index (χ0v) is 17.8. The van der Waals surface area contributed by atoms with Gasteiger partial charge in [-0.1, -0.05) is 23.7 Å². The predicted molar refractivity (Wildman–Crippen MR) is 113 cm³/mol. The number of halogens is 1. The molecule has 0 N–H and O–H groups in total. The Bertz CT molecular complexity index is 952. The van der Waals surface area contributed by atoms with Gasteiger partial charge in [-0.3, -0.25) is 4.79 Å². The molecular formula is C21H25ClN2O3S. The Morgan fingerprint density at radius 1 is 1.07 bits per heavy atom. The number of carbonyl (C=O) groups excluding carboxylic acids is 1. The second kappa shape index (κ2) is 8.53. The zero-order chi connectivity index (χ0) is 20.3. The summed E-state index contributed by atoms with van der Waals surface area (Å²) in [7, 11) is -1.79. The van der Waals surface area contributed by atoms with Crippen LogP contribution in [0.3, 0.4) is 0 Å². The second-order valence-electron chi connectivity index (χ2n) is 7.29. The summed E-state index contributed by atoms with van der Waals surface area (Å²) in [6.07, 6.45) is 4.84. The van der Waals surface area contributed by atoms with Gasteiger partial charge < -0.3 is 9.80 Å². The van der Waals surface area contributed by atoms with Crippen molar-refractivity contribution >= 4 is 33.0 Å². The van der Waals surface area contributed by atoms with Crippen LogP contribution in [0.4, 0.5) is 5.69 Å². The van der Waals surface area contributed by atoms with Crippen LogP contribution in [0.5, 0.6) is 0 Å². The van der Waals surface area contributed by atoms with Crippen molar-refractivity contribution in [1.82, 2.24) is 4.90 Å². The lowest BCUT2D eigenvalue weighted by Gasteiger charge is -2.29. The van der Waals surface area contributed by atoms with Crippen LogP contribution >= 0.6 is 11.6 Å². The molecule has 5 nitrogen and oxygen atoms in total. The summed E-state index contributed by atoms with van der Waals surface area (Å²) < 4.78 is 23.7. The number of nitrogens with zero attached hydrogens (tertiary/aromatic N) is 2. The molecule has 1 amide bonds. The van der Waals surface area contributed by atoms with Crippen molar-refractivity contribution in [2.75, 3.05) is 31.3 Å². The SMILES string of the molecule is CN(Cc1ccc(N2CCCCC2)cc1)C(=O)c1ccc(Cl)c(S(C)(=O)=O)c1. The molecule has 2 aromatic rings. The Kier molecular flexibility index (Phi) is 6.30.